The van der Waals surface area contributed by atoms with Crippen molar-refractivity contribution in [3.63, 3.8) is 0 Å². The van der Waals surface area contributed by atoms with Crippen LogP contribution in [0.3, 0.4) is 0 Å². The Balaban J connectivity index is 2.06. The van der Waals surface area contributed by atoms with Gasteiger partial charge in [-0.1, -0.05) is 6.07 Å². The zero-order valence-electron chi connectivity index (χ0n) is 11.6. The van der Waals surface area contributed by atoms with Gasteiger partial charge in [0.1, 0.15) is 6.10 Å². The van der Waals surface area contributed by atoms with E-state index in [1.54, 1.807) is 18.2 Å². The molecule has 2 aromatic rings. The summed E-state index contributed by atoms with van der Waals surface area (Å²) < 4.78 is 11.9. The molecule has 1 atom stereocenters. The van der Waals surface area contributed by atoms with Crippen LogP contribution in [0.1, 0.15) is 17.4 Å². The monoisotopic (exact) mass is 305 g/mol. The Kier molecular flexibility index (Phi) is 3.74. The lowest BCUT2D eigenvalue weighted by atomic mass is 10.0. The number of aliphatic hydroxyl groups is 2. The molecule has 1 unspecified atom stereocenters. The maximum Gasteiger partial charge on any atom is 0.231 e. The minimum Gasteiger partial charge on any atom is -0.503 e. The molecule has 1 aliphatic heterocycles. The maximum absolute atomic E-state index is 11.6. The van der Waals surface area contributed by atoms with Crippen LogP contribution < -0.4 is 14.9 Å². The zero-order chi connectivity index (χ0) is 15.7. The minimum atomic E-state index is -1.24. The Bertz CT molecular complexity index is 754. The predicted octanol–water partition coefficient (Wildman–Crippen LogP) is 0.357. The number of hydrogen-bond donors (Lipinski definition) is 3. The van der Waals surface area contributed by atoms with E-state index in [1.165, 1.54) is 16.8 Å². The fraction of sp³-hybridized carbons (Fsp3) is 0.267. The van der Waals surface area contributed by atoms with Crippen molar-refractivity contribution in [1.29, 1.82) is 0 Å². The molecule has 0 spiro atoms. The molecule has 1 aliphatic rings. The van der Waals surface area contributed by atoms with Gasteiger partial charge in [0.2, 0.25) is 12.2 Å². The van der Waals surface area contributed by atoms with Crippen LogP contribution in [0.15, 0.2) is 35.3 Å². The van der Waals surface area contributed by atoms with Crippen molar-refractivity contribution in [1.82, 2.24) is 4.57 Å². The zero-order valence-corrected chi connectivity index (χ0v) is 11.6. The summed E-state index contributed by atoms with van der Waals surface area (Å²) in [6.07, 6.45) is 0.180. The number of rotatable bonds is 4. The summed E-state index contributed by atoms with van der Waals surface area (Å²) >= 11 is 0. The molecule has 116 valence electrons. The highest BCUT2D eigenvalue weighted by atomic mass is 16.7. The third-order valence-corrected chi connectivity index (χ3v) is 3.50. The second-order valence-electron chi connectivity index (χ2n) is 4.85. The highest BCUT2D eigenvalue weighted by Crippen LogP contribution is 2.36. The summed E-state index contributed by atoms with van der Waals surface area (Å²) in [6, 6.07) is 6.04. The number of hydrogen-bond acceptors (Lipinski definition) is 6. The first-order valence-electron chi connectivity index (χ1n) is 6.72. The van der Waals surface area contributed by atoms with Crippen molar-refractivity contribution in [2.24, 2.45) is 0 Å². The SMILES string of the molecule is O=c1ccn(CCO)c(C(O)c2ccc3c(c2)OCO3)c1O. The first kappa shape index (κ1) is 14.4. The van der Waals surface area contributed by atoms with Crippen LogP contribution in [0, 0.1) is 0 Å². The standard InChI is InChI=1S/C15H15NO6/c17-6-5-16-4-3-10(18)15(20)13(16)14(19)9-1-2-11-12(7-9)22-8-21-11/h1-4,7,14,17,19-20H,5-6,8H2. The van der Waals surface area contributed by atoms with Crippen LogP contribution in [0.4, 0.5) is 0 Å². The summed E-state index contributed by atoms with van der Waals surface area (Å²) in [6.45, 7) is 0.0641. The van der Waals surface area contributed by atoms with Gasteiger partial charge in [-0.05, 0) is 17.7 Å². The molecular weight excluding hydrogens is 290 g/mol. The summed E-state index contributed by atoms with van der Waals surface area (Å²) in [4.78, 5) is 11.6. The average molecular weight is 305 g/mol. The Morgan fingerprint density at radius 1 is 1.23 bits per heavy atom. The molecule has 0 saturated carbocycles. The van der Waals surface area contributed by atoms with Gasteiger partial charge in [-0.3, -0.25) is 4.79 Å². The number of fused-ring (bicyclic) bond motifs is 1. The highest BCUT2D eigenvalue weighted by Gasteiger charge is 2.23. The number of ether oxygens (including phenoxy) is 2. The van der Waals surface area contributed by atoms with Gasteiger partial charge in [-0.15, -0.1) is 0 Å². The Morgan fingerprint density at radius 2 is 2.00 bits per heavy atom. The van der Waals surface area contributed by atoms with Crippen LogP contribution in [0.5, 0.6) is 17.2 Å². The molecule has 7 nitrogen and oxygen atoms in total. The van der Waals surface area contributed by atoms with Crippen molar-refractivity contribution in [2.45, 2.75) is 12.6 Å². The molecule has 0 bridgehead atoms. The van der Waals surface area contributed by atoms with E-state index in [2.05, 4.69) is 0 Å². The number of benzene rings is 1. The smallest absolute Gasteiger partial charge is 0.231 e. The van der Waals surface area contributed by atoms with Crippen molar-refractivity contribution in [3.05, 3.63) is 51.9 Å². The minimum absolute atomic E-state index is 0.0282. The van der Waals surface area contributed by atoms with Gasteiger partial charge >= 0.3 is 0 Å². The van der Waals surface area contributed by atoms with Crippen LogP contribution in [-0.4, -0.2) is 33.3 Å². The second kappa shape index (κ2) is 5.70. The van der Waals surface area contributed by atoms with Crippen LogP contribution in [-0.2, 0) is 6.54 Å². The molecule has 0 saturated heterocycles. The molecule has 0 radical (unpaired) electrons. The normalized spacial score (nSPS) is 14.1. The molecule has 1 aromatic carbocycles. The average Bonchev–Trinajstić information content (AvgIpc) is 2.98. The maximum atomic E-state index is 11.6. The van der Waals surface area contributed by atoms with E-state index in [4.69, 9.17) is 14.6 Å². The first-order valence-corrected chi connectivity index (χ1v) is 6.72. The Hall–Kier alpha value is -2.51. The number of aromatic hydroxyl groups is 1. The van der Waals surface area contributed by atoms with Gasteiger partial charge < -0.3 is 29.4 Å². The summed E-state index contributed by atoms with van der Waals surface area (Å²) in [5.74, 6) is 0.519. The number of nitrogens with zero attached hydrogens (tertiary/aromatic N) is 1. The van der Waals surface area contributed by atoms with Gasteiger partial charge in [-0.2, -0.15) is 0 Å². The van der Waals surface area contributed by atoms with Crippen molar-refractivity contribution in [3.8, 4) is 17.2 Å². The summed E-state index contributed by atoms with van der Waals surface area (Å²) in [5, 5.41) is 29.6. The molecule has 7 heteroatoms. The first-order chi connectivity index (χ1) is 10.6. The van der Waals surface area contributed by atoms with E-state index in [0.717, 1.165) is 0 Å². The third kappa shape index (κ3) is 2.40. The molecule has 22 heavy (non-hydrogen) atoms. The molecule has 0 aliphatic carbocycles. The van der Waals surface area contributed by atoms with E-state index in [0.29, 0.717) is 17.1 Å². The van der Waals surface area contributed by atoms with Crippen LogP contribution >= 0.6 is 0 Å². The molecule has 0 fully saturated rings. The molecule has 2 heterocycles. The van der Waals surface area contributed by atoms with Crippen molar-refractivity contribution >= 4 is 0 Å². The van der Waals surface area contributed by atoms with Crippen molar-refractivity contribution in [2.75, 3.05) is 13.4 Å². The second-order valence-corrected chi connectivity index (χ2v) is 4.85. The molecular formula is C15H15NO6. The highest BCUT2D eigenvalue weighted by molar-refractivity contribution is 5.47. The van der Waals surface area contributed by atoms with E-state index in [-0.39, 0.29) is 25.6 Å². The Morgan fingerprint density at radius 3 is 2.77 bits per heavy atom. The number of pyridine rings is 1. The topological polar surface area (TPSA) is 101 Å². The third-order valence-electron chi connectivity index (χ3n) is 3.50. The van der Waals surface area contributed by atoms with Gasteiger partial charge in [0, 0.05) is 18.8 Å². The largest absolute Gasteiger partial charge is 0.503 e. The molecule has 3 rings (SSSR count). The lowest BCUT2D eigenvalue weighted by Gasteiger charge is -2.19. The van der Waals surface area contributed by atoms with Crippen LogP contribution in [0.2, 0.25) is 0 Å². The Labute approximate surface area is 125 Å². The van der Waals surface area contributed by atoms with Gasteiger partial charge in [0.25, 0.3) is 0 Å². The summed E-state index contributed by atoms with van der Waals surface area (Å²) in [5.41, 5.74) is -0.124. The van der Waals surface area contributed by atoms with Gasteiger partial charge in [0.15, 0.2) is 17.2 Å². The molecule has 3 N–H and O–H groups in total. The summed E-state index contributed by atoms with van der Waals surface area (Å²) in [7, 11) is 0. The van der Waals surface area contributed by atoms with Gasteiger partial charge in [-0.25, -0.2) is 0 Å². The quantitative estimate of drug-likeness (QED) is 0.754. The fourth-order valence-electron chi connectivity index (χ4n) is 2.41. The van der Waals surface area contributed by atoms with Crippen molar-refractivity contribution < 1.29 is 24.8 Å². The number of aromatic nitrogens is 1. The predicted molar refractivity (Wildman–Crippen MR) is 76.1 cm³/mol. The lowest BCUT2D eigenvalue weighted by molar-refractivity contribution is 0.173. The van der Waals surface area contributed by atoms with E-state index >= 15 is 0 Å². The number of aliphatic hydroxyl groups excluding tert-OH is 2. The fourth-order valence-corrected chi connectivity index (χ4v) is 2.41. The van der Waals surface area contributed by atoms with E-state index < -0.39 is 17.3 Å². The molecule has 0 amide bonds. The van der Waals surface area contributed by atoms with E-state index in [9.17, 15) is 15.0 Å². The molecule has 1 aromatic heterocycles. The van der Waals surface area contributed by atoms with E-state index in [1.807, 2.05) is 0 Å². The van der Waals surface area contributed by atoms with Gasteiger partial charge in [0.05, 0.1) is 12.3 Å². The lowest BCUT2D eigenvalue weighted by Crippen LogP contribution is -2.18. The van der Waals surface area contributed by atoms with Crippen LogP contribution in [0.25, 0.3) is 0 Å².